The lowest BCUT2D eigenvalue weighted by Crippen LogP contribution is -2.23. The third-order valence-electron chi connectivity index (χ3n) is 3.95. The van der Waals surface area contributed by atoms with Crippen molar-refractivity contribution in [2.75, 3.05) is 0 Å². The van der Waals surface area contributed by atoms with Crippen LogP contribution in [-0.2, 0) is 0 Å². The highest BCUT2D eigenvalue weighted by molar-refractivity contribution is 9.10. The maximum Gasteiger partial charge on any atom is 0.178 e. The molecule has 2 aromatic rings. The molecule has 2 N–H and O–H groups in total. The summed E-state index contributed by atoms with van der Waals surface area (Å²) in [5.41, 5.74) is 2.11. The highest BCUT2D eigenvalue weighted by atomic mass is 79.9. The Morgan fingerprint density at radius 3 is 2.89 bits per heavy atom. The average molecular weight is 341 g/mol. The van der Waals surface area contributed by atoms with Crippen molar-refractivity contribution >= 4 is 39.2 Å². The van der Waals surface area contributed by atoms with Crippen molar-refractivity contribution in [3.63, 3.8) is 0 Å². The van der Waals surface area contributed by atoms with Crippen LogP contribution in [0.4, 0.5) is 0 Å². The molecule has 1 aromatic heterocycles. The van der Waals surface area contributed by atoms with Crippen LogP contribution in [0.25, 0.3) is 11.0 Å². The Kier molecular flexibility index (Phi) is 3.78. The van der Waals surface area contributed by atoms with Crippen LogP contribution in [0, 0.1) is 4.77 Å². The molecule has 0 saturated heterocycles. The van der Waals surface area contributed by atoms with Gasteiger partial charge in [0, 0.05) is 4.47 Å². The van der Waals surface area contributed by atoms with Gasteiger partial charge in [-0.15, -0.1) is 0 Å². The molecule has 1 aromatic carbocycles. The summed E-state index contributed by atoms with van der Waals surface area (Å²) in [5, 5.41) is 10.4. The number of halogens is 1. The van der Waals surface area contributed by atoms with Crippen LogP contribution in [0.15, 0.2) is 22.7 Å². The van der Waals surface area contributed by atoms with Crippen LogP contribution in [-0.4, -0.2) is 20.8 Å². The molecule has 0 aliphatic heterocycles. The van der Waals surface area contributed by atoms with Gasteiger partial charge in [0.05, 0.1) is 23.2 Å². The molecule has 0 spiro atoms. The Morgan fingerprint density at radius 1 is 1.26 bits per heavy atom. The predicted octanol–water partition coefficient (Wildman–Crippen LogP) is 4.33. The number of nitrogens with one attached hydrogen (secondary N) is 1. The molecule has 1 aliphatic carbocycles. The molecule has 19 heavy (non-hydrogen) atoms. The quantitative estimate of drug-likeness (QED) is 0.599. The first kappa shape index (κ1) is 13.3. The van der Waals surface area contributed by atoms with E-state index in [0.29, 0.717) is 4.77 Å². The molecule has 0 bridgehead atoms. The number of aromatic nitrogens is 2. The van der Waals surface area contributed by atoms with E-state index in [4.69, 9.17) is 12.2 Å². The van der Waals surface area contributed by atoms with E-state index in [9.17, 15) is 5.11 Å². The van der Waals surface area contributed by atoms with Crippen molar-refractivity contribution in [3.05, 3.63) is 27.4 Å². The van der Waals surface area contributed by atoms with Gasteiger partial charge in [-0.1, -0.05) is 35.2 Å². The van der Waals surface area contributed by atoms with E-state index in [1.165, 1.54) is 6.42 Å². The third kappa shape index (κ3) is 2.51. The first-order chi connectivity index (χ1) is 9.16. The molecule has 3 rings (SSSR count). The smallest absolute Gasteiger partial charge is 0.178 e. The number of hydrogen-bond acceptors (Lipinski definition) is 2. The Morgan fingerprint density at radius 2 is 2.05 bits per heavy atom. The maximum absolute atomic E-state index is 10.4. The van der Waals surface area contributed by atoms with Crippen molar-refractivity contribution < 1.29 is 5.11 Å². The first-order valence-corrected chi connectivity index (χ1v) is 7.95. The van der Waals surface area contributed by atoms with Crippen LogP contribution < -0.4 is 0 Å². The van der Waals surface area contributed by atoms with Crippen LogP contribution in [0.5, 0.6) is 0 Å². The molecule has 3 nitrogen and oxygen atoms in total. The van der Waals surface area contributed by atoms with Crippen molar-refractivity contribution in [1.29, 1.82) is 0 Å². The van der Waals surface area contributed by atoms with Gasteiger partial charge < -0.3 is 14.7 Å². The third-order valence-corrected chi connectivity index (χ3v) is 4.75. The fourth-order valence-corrected chi connectivity index (χ4v) is 3.71. The van der Waals surface area contributed by atoms with E-state index in [2.05, 4.69) is 31.5 Å². The average Bonchev–Trinajstić information content (AvgIpc) is 2.54. The molecule has 1 fully saturated rings. The molecule has 1 saturated carbocycles. The lowest BCUT2D eigenvalue weighted by atomic mass is 10.1. The Balaban J connectivity index is 2.13. The molecule has 1 aliphatic rings. The van der Waals surface area contributed by atoms with Gasteiger partial charge >= 0.3 is 0 Å². The van der Waals surface area contributed by atoms with Crippen molar-refractivity contribution in [1.82, 2.24) is 9.55 Å². The first-order valence-electron chi connectivity index (χ1n) is 6.74. The second-order valence-electron chi connectivity index (χ2n) is 5.23. The van der Waals surface area contributed by atoms with E-state index in [1.54, 1.807) is 0 Å². The molecule has 2 unspecified atom stereocenters. The zero-order chi connectivity index (χ0) is 13.4. The second kappa shape index (κ2) is 5.38. The highest BCUT2D eigenvalue weighted by Crippen LogP contribution is 2.31. The lowest BCUT2D eigenvalue weighted by Gasteiger charge is -2.22. The Labute approximate surface area is 125 Å². The molecule has 0 amide bonds. The molecule has 1 heterocycles. The molecule has 2 atom stereocenters. The Bertz CT molecular complexity index is 648. The Hall–Kier alpha value is -0.650. The van der Waals surface area contributed by atoms with Gasteiger partial charge in [-0.3, -0.25) is 0 Å². The maximum atomic E-state index is 10.4. The van der Waals surface area contributed by atoms with Crippen molar-refractivity contribution in [2.45, 2.75) is 44.2 Å². The zero-order valence-corrected chi connectivity index (χ0v) is 13.0. The largest absolute Gasteiger partial charge is 0.391 e. The van der Waals surface area contributed by atoms with Gasteiger partial charge in [0.1, 0.15) is 0 Å². The summed E-state index contributed by atoms with van der Waals surface area (Å²) in [7, 11) is 0. The van der Waals surface area contributed by atoms with Crippen molar-refractivity contribution in [2.24, 2.45) is 0 Å². The molecule has 5 heteroatoms. The van der Waals surface area contributed by atoms with Gasteiger partial charge in [0.25, 0.3) is 0 Å². The zero-order valence-electron chi connectivity index (χ0n) is 10.6. The van der Waals surface area contributed by atoms with E-state index < -0.39 is 0 Å². The van der Waals surface area contributed by atoms with Crippen LogP contribution in [0.1, 0.15) is 38.1 Å². The molecule has 102 valence electrons. The summed E-state index contributed by atoms with van der Waals surface area (Å²) in [5.74, 6) is 0. The van der Waals surface area contributed by atoms with Gasteiger partial charge in [-0.05, 0) is 43.3 Å². The summed E-state index contributed by atoms with van der Waals surface area (Å²) >= 11 is 8.93. The summed E-state index contributed by atoms with van der Waals surface area (Å²) in [4.78, 5) is 3.24. The molecular formula is C14H17BrN2OS. The minimum atomic E-state index is -0.295. The van der Waals surface area contributed by atoms with Gasteiger partial charge in [-0.25, -0.2) is 0 Å². The van der Waals surface area contributed by atoms with Gasteiger partial charge in [0.15, 0.2) is 4.77 Å². The number of aliphatic hydroxyl groups excluding tert-OH is 1. The van der Waals surface area contributed by atoms with E-state index in [0.717, 1.165) is 41.2 Å². The number of benzene rings is 1. The van der Waals surface area contributed by atoms with Gasteiger partial charge in [0.2, 0.25) is 0 Å². The number of aliphatic hydroxyl groups is 1. The van der Waals surface area contributed by atoms with Gasteiger partial charge in [-0.2, -0.15) is 0 Å². The van der Waals surface area contributed by atoms with Crippen LogP contribution in [0.2, 0.25) is 0 Å². The number of rotatable bonds is 1. The number of imidazole rings is 1. The van der Waals surface area contributed by atoms with E-state index in [1.807, 2.05) is 12.1 Å². The number of nitrogens with zero attached hydrogens (tertiary/aromatic N) is 1. The van der Waals surface area contributed by atoms with E-state index >= 15 is 0 Å². The number of hydrogen-bond donors (Lipinski definition) is 2. The topological polar surface area (TPSA) is 41.0 Å². The highest BCUT2D eigenvalue weighted by Gasteiger charge is 2.25. The minimum absolute atomic E-state index is 0.102. The predicted molar refractivity (Wildman–Crippen MR) is 83.0 cm³/mol. The molecular weight excluding hydrogens is 324 g/mol. The standard InChI is InChI=1S/C14H17BrN2OS/c15-9-6-7-11-10(8-9)16-14(19)17(11)12-4-2-1-3-5-13(12)18/h6-8,12-13,18H,1-5H2,(H,16,19). The van der Waals surface area contributed by atoms with Crippen LogP contribution >= 0.6 is 28.1 Å². The monoisotopic (exact) mass is 340 g/mol. The molecule has 0 radical (unpaired) electrons. The number of H-pyrrole nitrogens is 1. The normalized spacial score (nSPS) is 24.5. The SMILES string of the molecule is OC1CCCCCC1n1c(=S)[nH]c2cc(Br)ccc21. The van der Waals surface area contributed by atoms with E-state index in [-0.39, 0.29) is 12.1 Å². The summed E-state index contributed by atoms with van der Waals surface area (Å²) in [6, 6.07) is 6.21. The lowest BCUT2D eigenvalue weighted by molar-refractivity contribution is 0.107. The fourth-order valence-electron chi connectivity index (χ4n) is 3.00. The number of aromatic amines is 1. The summed E-state index contributed by atoms with van der Waals surface area (Å²) in [6.45, 7) is 0. The van der Waals surface area contributed by atoms with Crippen molar-refractivity contribution in [3.8, 4) is 0 Å². The summed E-state index contributed by atoms with van der Waals surface area (Å²) in [6.07, 6.45) is 5.05. The number of fused-ring (bicyclic) bond motifs is 1. The fraction of sp³-hybridized carbons (Fsp3) is 0.500. The minimum Gasteiger partial charge on any atom is -0.391 e. The second-order valence-corrected chi connectivity index (χ2v) is 6.54. The summed E-state index contributed by atoms with van der Waals surface area (Å²) < 4.78 is 3.84. The van der Waals surface area contributed by atoms with Crippen LogP contribution in [0.3, 0.4) is 0 Å².